The van der Waals surface area contributed by atoms with E-state index in [9.17, 15) is 9.59 Å². The molecule has 7 heteroatoms. The molecule has 0 bridgehead atoms. The topological polar surface area (TPSA) is 75.6 Å². The highest BCUT2D eigenvalue weighted by atomic mass is 79.9. The number of fused-ring (bicyclic) bond motifs is 1. The number of piperidine rings is 1. The molecular formula is C21H29BrN3O3+. The average molecular weight is 451 g/mol. The zero-order valence-electron chi connectivity index (χ0n) is 16.7. The molecule has 0 saturated carbocycles. The van der Waals surface area contributed by atoms with Gasteiger partial charge in [0.1, 0.15) is 5.69 Å². The third kappa shape index (κ3) is 4.94. The number of aromatic nitrogens is 1. The summed E-state index contributed by atoms with van der Waals surface area (Å²) in [6, 6.07) is 5.66. The molecule has 1 aromatic heterocycles. The Labute approximate surface area is 174 Å². The molecule has 1 aliphatic heterocycles. The van der Waals surface area contributed by atoms with Crippen molar-refractivity contribution in [1.29, 1.82) is 0 Å². The summed E-state index contributed by atoms with van der Waals surface area (Å²) >= 11 is 3.46. The minimum Gasteiger partial charge on any atom is -0.461 e. The van der Waals surface area contributed by atoms with Gasteiger partial charge in [0.05, 0.1) is 38.3 Å². The van der Waals surface area contributed by atoms with Crippen molar-refractivity contribution in [3.05, 3.63) is 28.4 Å². The van der Waals surface area contributed by atoms with Gasteiger partial charge in [-0.1, -0.05) is 29.8 Å². The van der Waals surface area contributed by atoms with Crippen LogP contribution in [0.1, 0.15) is 44.1 Å². The predicted molar refractivity (Wildman–Crippen MR) is 114 cm³/mol. The number of hydrogen-bond acceptors (Lipinski definition) is 3. The number of anilines is 1. The summed E-state index contributed by atoms with van der Waals surface area (Å²) in [6.07, 6.45) is 1.69. The normalized spacial score (nSPS) is 22.2. The molecule has 1 aromatic carbocycles. The van der Waals surface area contributed by atoms with Crippen molar-refractivity contribution >= 4 is 44.4 Å². The van der Waals surface area contributed by atoms with E-state index in [-0.39, 0.29) is 18.2 Å². The molecule has 1 amide bonds. The Morgan fingerprint density at radius 3 is 2.68 bits per heavy atom. The molecule has 2 atom stereocenters. The maximum absolute atomic E-state index is 12.7. The second-order valence-electron chi connectivity index (χ2n) is 7.94. The van der Waals surface area contributed by atoms with E-state index in [1.54, 1.807) is 6.92 Å². The standard InChI is InChI=1S/C21H28BrN3O3/c1-4-28-21(27)20-19(16-10-15(22)5-6-17(16)23-20)24-18(26)7-8-25-11-13(2)9-14(3)12-25/h5-6,10,13-14,23H,4,7-9,11-12H2,1-3H3,(H,24,26)/p+1/t13-,14-/m0/s1. The van der Waals surface area contributed by atoms with Crippen molar-refractivity contribution in [2.75, 3.05) is 31.6 Å². The van der Waals surface area contributed by atoms with Gasteiger partial charge in [0.15, 0.2) is 0 Å². The molecule has 1 fully saturated rings. The quantitative estimate of drug-likeness (QED) is 0.592. The minimum absolute atomic E-state index is 0.0789. The molecule has 1 aliphatic rings. The third-order valence-electron chi connectivity index (χ3n) is 5.29. The molecular weight excluding hydrogens is 422 g/mol. The first-order chi connectivity index (χ1) is 13.4. The summed E-state index contributed by atoms with van der Waals surface area (Å²) in [7, 11) is 0. The molecule has 6 nitrogen and oxygen atoms in total. The van der Waals surface area contributed by atoms with Gasteiger partial charge in [-0.25, -0.2) is 4.79 Å². The summed E-state index contributed by atoms with van der Waals surface area (Å²) in [6.45, 7) is 9.65. The number of rotatable bonds is 6. The Kier molecular flexibility index (Phi) is 6.78. The van der Waals surface area contributed by atoms with Gasteiger partial charge in [-0.3, -0.25) is 4.79 Å². The zero-order valence-corrected chi connectivity index (χ0v) is 18.3. The lowest BCUT2D eigenvalue weighted by Crippen LogP contribution is -3.14. The first-order valence-electron chi connectivity index (χ1n) is 9.99. The highest BCUT2D eigenvalue weighted by Gasteiger charge is 2.26. The molecule has 0 radical (unpaired) electrons. The van der Waals surface area contributed by atoms with E-state index < -0.39 is 5.97 Å². The van der Waals surface area contributed by atoms with Gasteiger partial charge in [-0.2, -0.15) is 0 Å². The smallest absolute Gasteiger partial charge is 0.356 e. The van der Waals surface area contributed by atoms with Gasteiger partial charge >= 0.3 is 5.97 Å². The van der Waals surface area contributed by atoms with E-state index in [2.05, 4.69) is 40.1 Å². The number of benzene rings is 1. The largest absolute Gasteiger partial charge is 0.461 e. The van der Waals surface area contributed by atoms with Crippen LogP contribution in [-0.2, 0) is 9.53 Å². The van der Waals surface area contributed by atoms with Crippen LogP contribution in [0.15, 0.2) is 22.7 Å². The highest BCUT2D eigenvalue weighted by molar-refractivity contribution is 9.10. The number of esters is 1. The van der Waals surface area contributed by atoms with Gasteiger partial charge in [0.2, 0.25) is 5.91 Å². The highest BCUT2D eigenvalue weighted by Crippen LogP contribution is 2.31. The predicted octanol–water partition coefficient (Wildman–Crippen LogP) is 3.00. The summed E-state index contributed by atoms with van der Waals surface area (Å²) in [5.41, 5.74) is 1.57. The van der Waals surface area contributed by atoms with Crippen molar-refractivity contribution in [3.63, 3.8) is 0 Å². The molecule has 0 unspecified atom stereocenters. The number of halogens is 1. The number of carbonyl (C=O) groups excluding carboxylic acids is 2. The summed E-state index contributed by atoms with van der Waals surface area (Å²) < 4.78 is 6.03. The van der Waals surface area contributed by atoms with Crippen LogP contribution in [0.5, 0.6) is 0 Å². The van der Waals surface area contributed by atoms with Gasteiger partial charge < -0.3 is 19.9 Å². The molecule has 1 saturated heterocycles. The fraction of sp³-hybridized carbons (Fsp3) is 0.524. The van der Waals surface area contributed by atoms with E-state index in [0.29, 0.717) is 23.9 Å². The molecule has 0 spiro atoms. The SMILES string of the molecule is CCOC(=O)c1[nH]c2ccc(Br)cc2c1NC(=O)CC[NH+]1C[C@@H](C)C[C@H](C)C1. The number of hydrogen-bond donors (Lipinski definition) is 3. The van der Waals surface area contributed by atoms with E-state index in [1.165, 1.54) is 11.3 Å². The van der Waals surface area contributed by atoms with Crippen LogP contribution >= 0.6 is 15.9 Å². The van der Waals surface area contributed by atoms with Crippen molar-refractivity contribution in [3.8, 4) is 0 Å². The van der Waals surface area contributed by atoms with Crippen molar-refractivity contribution in [2.45, 2.75) is 33.6 Å². The van der Waals surface area contributed by atoms with Crippen molar-refractivity contribution in [2.24, 2.45) is 11.8 Å². The number of likely N-dealkylation sites (tertiary alicyclic amines) is 1. The number of nitrogens with one attached hydrogen (secondary N) is 3. The lowest BCUT2D eigenvalue weighted by Gasteiger charge is -2.31. The van der Waals surface area contributed by atoms with Gasteiger partial charge in [0, 0.05) is 27.2 Å². The van der Waals surface area contributed by atoms with Gasteiger partial charge in [-0.05, 0) is 31.5 Å². The zero-order chi connectivity index (χ0) is 20.3. The number of ether oxygens (including phenoxy) is 1. The second-order valence-corrected chi connectivity index (χ2v) is 8.85. The number of quaternary nitrogens is 1. The van der Waals surface area contributed by atoms with E-state index in [0.717, 1.165) is 35.0 Å². The van der Waals surface area contributed by atoms with Gasteiger partial charge in [-0.15, -0.1) is 0 Å². The average Bonchev–Trinajstić information content (AvgIpc) is 2.97. The lowest BCUT2D eigenvalue weighted by atomic mass is 9.92. The fourth-order valence-corrected chi connectivity index (χ4v) is 4.63. The molecule has 28 heavy (non-hydrogen) atoms. The molecule has 3 N–H and O–H groups in total. The Balaban J connectivity index is 1.74. The van der Waals surface area contributed by atoms with Crippen molar-refractivity contribution in [1.82, 2.24) is 4.98 Å². The number of carbonyl (C=O) groups is 2. The molecule has 0 aliphatic carbocycles. The van der Waals surface area contributed by atoms with Crippen LogP contribution < -0.4 is 10.2 Å². The van der Waals surface area contributed by atoms with Crippen LogP contribution in [0.25, 0.3) is 10.9 Å². The van der Waals surface area contributed by atoms with Crippen molar-refractivity contribution < 1.29 is 19.2 Å². The summed E-state index contributed by atoms with van der Waals surface area (Å²) in [4.78, 5) is 29.6. The monoisotopic (exact) mass is 450 g/mol. The lowest BCUT2D eigenvalue weighted by molar-refractivity contribution is -0.911. The minimum atomic E-state index is -0.463. The Morgan fingerprint density at radius 1 is 1.29 bits per heavy atom. The van der Waals surface area contributed by atoms with Gasteiger partial charge in [0.25, 0.3) is 0 Å². The number of aromatic amines is 1. The van der Waals surface area contributed by atoms with E-state index >= 15 is 0 Å². The van der Waals surface area contributed by atoms with Crippen LogP contribution in [0, 0.1) is 11.8 Å². The second kappa shape index (κ2) is 9.09. The summed E-state index contributed by atoms with van der Waals surface area (Å²) in [5, 5.41) is 3.75. The fourth-order valence-electron chi connectivity index (χ4n) is 4.27. The summed E-state index contributed by atoms with van der Waals surface area (Å²) in [5.74, 6) is 0.852. The Bertz CT molecular complexity index is 854. The van der Waals surface area contributed by atoms with E-state index in [1.807, 2.05) is 18.2 Å². The first-order valence-corrected chi connectivity index (χ1v) is 10.8. The third-order valence-corrected chi connectivity index (χ3v) is 5.78. The Morgan fingerprint density at radius 2 is 2.00 bits per heavy atom. The number of amides is 1. The maximum atomic E-state index is 12.7. The molecule has 2 aromatic rings. The Hall–Kier alpha value is -1.86. The van der Waals surface area contributed by atoms with Crippen LogP contribution in [0.3, 0.4) is 0 Å². The van der Waals surface area contributed by atoms with E-state index in [4.69, 9.17) is 4.74 Å². The van der Waals surface area contributed by atoms with Crippen LogP contribution in [0.2, 0.25) is 0 Å². The maximum Gasteiger partial charge on any atom is 0.356 e. The molecule has 152 valence electrons. The molecule has 3 rings (SSSR count). The van der Waals surface area contributed by atoms with Crippen LogP contribution in [0.4, 0.5) is 5.69 Å². The molecule has 2 heterocycles. The number of H-pyrrole nitrogens is 1. The van der Waals surface area contributed by atoms with Crippen LogP contribution in [-0.4, -0.2) is 43.1 Å². The first kappa shape index (κ1) is 20.9.